The van der Waals surface area contributed by atoms with Gasteiger partial charge < -0.3 is 10.2 Å². The summed E-state index contributed by atoms with van der Waals surface area (Å²) in [6.45, 7) is 11.0. The molecule has 0 saturated heterocycles. The zero-order valence-electron chi connectivity index (χ0n) is 11.2. The number of likely N-dealkylation sites (N-methyl/N-ethyl adjacent to an activating group) is 1. The first-order chi connectivity index (χ1) is 7.50. The molecule has 0 heterocycles. The summed E-state index contributed by atoms with van der Waals surface area (Å²) in [5.74, 6) is 0.261. The van der Waals surface area contributed by atoms with Crippen LogP contribution in [0, 0.1) is 5.41 Å². The van der Waals surface area contributed by atoms with Crippen molar-refractivity contribution in [2.75, 3.05) is 19.6 Å². The summed E-state index contributed by atoms with van der Waals surface area (Å²) in [4.78, 5) is 13.9. The number of carbonyl (C=O) groups excluding carboxylic acids is 1. The minimum Gasteiger partial charge on any atom is -0.339 e. The fourth-order valence-electron chi connectivity index (χ4n) is 1.76. The molecule has 3 nitrogen and oxygen atoms in total. The molecule has 0 atom stereocenters. The van der Waals surface area contributed by atoms with Gasteiger partial charge in [-0.25, -0.2) is 0 Å². The molecule has 0 aromatic rings. The smallest absolute Gasteiger partial charge is 0.236 e. The average Bonchev–Trinajstić information content (AvgIpc) is 3.03. The minimum atomic E-state index is 0.261. The third-order valence-corrected chi connectivity index (χ3v) is 3.49. The Balaban J connectivity index is 2.23. The van der Waals surface area contributed by atoms with Gasteiger partial charge in [0.15, 0.2) is 0 Å². The van der Waals surface area contributed by atoms with Gasteiger partial charge in [0.25, 0.3) is 0 Å². The Kier molecular flexibility index (Phi) is 4.78. The van der Waals surface area contributed by atoms with Gasteiger partial charge in [0.1, 0.15) is 0 Å². The zero-order valence-corrected chi connectivity index (χ0v) is 11.2. The Labute approximate surface area is 99.6 Å². The summed E-state index contributed by atoms with van der Waals surface area (Å²) < 4.78 is 0. The minimum absolute atomic E-state index is 0.261. The van der Waals surface area contributed by atoms with Crippen LogP contribution < -0.4 is 5.32 Å². The summed E-state index contributed by atoms with van der Waals surface area (Å²) in [6, 6.07) is 0.540. The number of amides is 1. The first-order valence-electron chi connectivity index (χ1n) is 6.50. The monoisotopic (exact) mass is 226 g/mol. The molecule has 16 heavy (non-hydrogen) atoms. The van der Waals surface area contributed by atoms with Crippen molar-refractivity contribution in [3.05, 3.63) is 0 Å². The Bertz CT molecular complexity index is 234. The maximum atomic E-state index is 11.9. The first-order valence-corrected chi connectivity index (χ1v) is 6.50. The van der Waals surface area contributed by atoms with Crippen molar-refractivity contribution in [2.24, 2.45) is 5.41 Å². The third-order valence-electron chi connectivity index (χ3n) is 3.49. The van der Waals surface area contributed by atoms with Crippen molar-refractivity contribution in [3.8, 4) is 0 Å². The van der Waals surface area contributed by atoms with E-state index in [1.807, 2.05) is 4.90 Å². The second-order valence-electron chi connectivity index (χ2n) is 5.53. The molecule has 0 radical (unpaired) electrons. The zero-order chi connectivity index (χ0) is 12.2. The molecular formula is C13H26N2O. The normalized spacial score (nSPS) is 16.2. The maximum Gasteiger partial charge on any atom is 0.236 e. The van der Waals surface area contributed by atoms with Crippen molar-refractivity contribution < 1.29 is 4.79 Å². The molecule has 0 aromatic heterocycles. The van der Waals surface area contributed by atoms with Gasteiger partial charge in [-0.2, -0.15) is 0 Å². The Morgan fingerprint density at radius 2 is 2.00 bits per heavy atom. The van der Waals surface area contributed by atoms with Crippen LogP contribution >= 0.6 is 0 Å². The molecule has 94 valence electrons. The summed E-state index contributed by atoms with van der Waals surface area (Å²) >= 11 is 0. The molecule has 0 unspecified atom stereocenters. The van der Waals surface area contributed by atoms with Crippen LogP contribution in [0.1, 0.15) is 47.0 Å². The predicted molar refractivity (Wildman–Crippen MR) is 67.4 cm³/mol. The molecule has 1 aliphatic rings. The van der Waals surface area contributed by atoms with Gasteiger partial charge in [-0.3, -0.25) is 4.79 Å². The summed E-state index contributed by atoms with van der Waals surface area (Å²) in [5, 5.41) is 3.28. The van der Waals surface area contributed by atoms with Gasteiger partial charge in [0, 0.05) is 19.1 Å². The van der Waals surface area contributed by atoms with Gasteiger partial charge in [-0.05, 0) is 31.6 Å². The van der Waals surface area contributed by atoms with Crippen molar-refractivity contribution in [1.82, 2.24) is 10.2 Å². The molecule has 1 amide bonds. The average molecular weight is 226 g/mol. The lowest BCUT2D eigenvalue weighted by atomic mass is 9.90. The summed E-state index contributed by atoms with van der Waals surface area (Å²) in [7, 11) is 0. The number of hydrogen-bond donors (Lipinski definition) is 1. The van der Waals surface area contributed by atoms with Crippen LogP contribution in [0.25, 0.3) is 0 Å². The van der Waals surface area contributed by atoms with Crippen LogP contribution in [0.3, 0.4) is 0 Å². The highest BCUT2D eigenvalue weighted by molar-refractivity contribution is 5.78. The van der Waals surface area contributed by atoms with Gasteiger partial charge >= 0.3 is 0 Å². The van der Waals surface area contributed by atoms with Gasteiger partial charge in [-0.1, -0.05) is 20.8 Å². The largest absolute Gasteiger partial charge is 0.339 e. The van der Waals surface area contributed by atoms with Crippen LogP contribution in [0.2, 0.25) is 0 Å². The van der Waals surface area contributed by atoms with E-state index < -0.39 is 0 Å². The van der Waals surface area contributed by atoms with Crippen LogP contribution in [-0.2, 0) is 4.79 Å². The van der Waals surface area contributed by atoms with Crippen molar-refractivity contribution >= 4 is 5.91 Å². The Morgan fingerprint density at radius 3 is 2.44 bits per heavy atom. The molecule has 0 aromatic carbocycles. The fourth-order valence-corrected chi connectivity index (χ4v) is 1.76. The van der Waals surface area contributed by atoms with Crippen LogP contribution in [-0.4, -0.2) is 36.5 Å². The van der Waals surface area contributed by atoms with Crippen LogP contribution in [0.15, 0.2) is 0 Å². The standard InChI is InChI=1S/C13H26N2O/c1-5-13(3,4)10-14-9-12(16)15(6-2)11-7-8-11/h11,14H,5-10H2,1-4H3. The fraction of sp³-hybridized carbons (Fsp3) is 0.923. The number of nitrogens with zero attached hydrogens (tertiary/aromatic N) is 1. The first kappa shape index (κ1) is 13.5. The molecule has 1 saturated carbocycles. The number of carbonyl (C=O) groups is 1. The number of nitrogens with one attached hydrogen (secondary N) is 1. The maximum absolute atomic E-state index is 11.9. The highest BCUT2D eigenvalue weighted by atomic mass is 16.2. The lowest BCUT2D eigenvalue weighted by Gasteiger charge is -2.25. The third kappa shape index (κ3) is 4.12. The van der Waals surface area contributed by atoms with E-state index in [-0.39, 0.29) is 11.3 Å². The van der Waals surface area contributed by atoms with Gasteiger partial charge in [0.2, 0.25) is 5.91 Å². The lowest BCUT2D eigenvalue weighted by molar-refractivity contribution is -0.130. The van der Waals surface area contributed by atoms with Crippen LogP contribution in [0.4, 0.5) is 0 Å². The predicted octanol–water partition coefficient (Wildman–Crippen LogP) is 2.02. The van der Waals surface area contributed by atoms with E-state index in [2.05, 4.69) is 33.0 Å². The van der Waals surface area contributed by atoms with Crippen LogP contribution in [0.5, 0.6) is 0 Å². The highest BCUT2D eigenvalue weighted by Crippen LogP contribution is 2.26. The number of hydrogen-bond acceptors (Lipinski definition) is 2. The van der Waals surface area contributed by atoms with Gasteiger partial charge in [0.05, 0.1) is 6.54 Å². The molecular weight excluding hydrogens is 200 g/mol. The van der Waals surface area contributed by atoms with E-state index in [0.29, 0.717) is 12.6 Å². The lowest BCUT2D eigenvalue weighted by Crippen LogP contribution is -2.41. The topological polar surface area (TPSA) is 32.3 Å². The summed E-state index contributed by atoms with van der Waals surface area (Å²) in [5.41, 5.74) is 0.289. The van der Waals surface area contributed by atoms with E-state index in [9.17, 15) is 4.79 Å². The van der Waals surface area contributed by atoms with Crippen molar-refractivity contribution in [3.63, 3.8) is 0 Å². The molecule has 0 spiro atoms. The Morgan fingerprint density at radius 1 is 1.38 bits per heavy atom. The van der Waals surface area contributed by atoms with E-state index in [1.54, 1.807) is 0 Å². The number of rotatable bonds is 7. The van der Waals surface area contributed by atoms with E-state index >= 15 is 0 Å². The second kappa shape index (κ2) is 5.67. The van der Waals surface area contributed by atoms with E-state index in [4.69, 9.17) is 0 Å². The molecule has 1 aliphatic carbocycles. The molecule has 1 fully saturated rings. The van der Waals surface area contributed by atoms with Crippen molar-refractivity contribution in [2.45, 2.75) is 53.0 Å². The molecule has 0 aliphatic heterocycles. The molecule has 1 N–H and O–H groups in total. The highest BCUT2D eigenvalue weighted by Gasteiger charge is 2.31. The van der Waals surface area contributed by atoms with E-state index in [1.165, 1.54) is 12.8 Å². The quantitative estimate of drug-likeness (QED) is 0.720. The molecule has 1 rings (SSSR count). The van der Waals surface area contributed by atoms with E-state index in [0.717, 1.165) is 19.5 Å². The SMILES string of the molecule is CCN(C(=O)CNCC(C)(C)CC)C1CC1. The van der Waals surface area contributed by atoms with Crippen molar-refractivity contribution in [1.29, 1.82) is 0 Å². The molecule has 0 bridgehead atoms. The summed E-state index contributed by atoms with van der Waals surface area (Å²) in [6.07, 6.45) is 3.52. The second-order valence-corrected chi connectivity index (χ2v) is 5.53. The van der Waals surface area contributed by atoms with Gasteiger partial charge in [-0.15, -0.1) is 0 Å². The Hall–Kier alpha value is -0.570. The molecule has 3 heteroatoms.